The molecular formula is C15H20ClFN2O. The molecule has 1 heterocycles. The highest BCUT2D eigenvalue weighted by molar-refractivity contribution is 6.30. The Bertz CT molecular complexity index is 486. The van der Waals surface area contributed by atoms with E-state index in [-0.39, 0.29) is 18.0 Å². The van der Waals surface area contributed by atoms with E-state index in [1.165, 1.54) is 12.1 Å². The summed E-state index contributed by atoms with van der Waals surface area (Å²) in [7, 11) is 0. The van der Waals surface area contributed by atoms with E-state index in [0.717, 1.165) is 0 Å². The maximum atomic E-state index is 13.6. The molecule has 0 radical (unpaired) electrons. The molecule has 3 nitrogen and oxygen atoms in total. The molecule has 2 rings (SSSR count). The van der Waals surface area contributed by atoms with Gasteiger partial charge in [0.1, 0.15) is 5.82 Å². The summed E-state index contributed by atoms with van der Waals surface area (Å²) >= 11 is 5.92. The highest BCUT2D eigenvalue weighted by Crippen LogP contribution is 2.33. The minimum absolute atomic E-state index is 0.0748. The van der Waals surface area contributed by atoms with Crippen molar-refractivity contribution >= 4 is 17.5 Å². The number of halogens is 2. The van der Waals surface area contributed by atoms with Crippen molar-refractivity contribution in [1.29, 1.82) is 0 Å². The van der Waals surface area contributed by atoms with Gasteiger partial charge < -0.3 is 10.6 Å². The number of carbonyl (C=O) groups is 1. The maximum Gasteiger partial charge on any atom is 0.223 e. The zero-order chi connectivity index (χ0) is 14.9. The molecule has 1 amide bonds. The normalized spacial score (nSPS) is 23.5. The van der Waals surface area contributed by atoms with Crippen molar-refractivity contribution in [2.24, 2.45) is 11.7 Å². The first-order chi connectivity index (χ1) is 9.38. The number of likely N-dealkylation sites (tertiary alicyclic amines) is 1. The van der Waals surface area contributed by atoms with Gasteiger partial charge >= 0.3 is 0 Å². The molecule has 5 heteroatoms. The fourth-order valence-electron chi connectivity index (χ4n) is 2.76. The lowest BCUT2D eigenvalue weighted by Crippen LogP contribution is -2.50. The lowest BCUT2D eigenvalue weighted by molar-refractivity contribution is -0.138. The molecule has 0 aromatic heterocycles. The predicted octanol–water partition coefficient (Wildman–Crippen LogP) is 3.13. The fraction of sp³-hybridized carbons (Fsp3) is 0.533. The van der Waals surface area contributed by atoms with E-state index in [0.29, 0.717) is 35.9 Å². The number of benzene rings is 1. The number of nitrogens with two attached hydrogens (primary N) is 1. The van der Waals surface area contributed by atoms with Crippen LogP contribution in [0.2, 0.25) is 5.02 Å². The molecule has 110 valence electrons. The van der Waals surface area contributed by atoms with Crippen LogP contribution < -0.4 is 5.73 Å². The van der Waals surface area contributed by atoms with E-state index in [1.807, 2.05) is 13.8 Å². The molecule has 1 aromatic carbocycles. The lowest BCUT2D eigenvalue weighted by Gasteiger charge is -2.41. The van der Waals surface area contributed by atoms with Gasteiger partial charge in [-0.15, -0.1) is 0 Å². The minimum Gasteiger partial charge on any atom is -0.334 e. The first-order valence-corrected chi connectivity index (χ1v) is 7.27. The quantitative estimate of drug-likeness (QED) is 0.932. The molecule has 1 aliphatic rings. The molecule has 1 fully saturated rings. The van der Waals surface area contributed by atoms with Crippen molar-refractivity contribution in [1.82, 2.24) is 4.90 Å². The van der Waals surface area contributed by atoms with Gasteiger partial charge in [0.25, 0.3) is 0 Å². The van der Waals surface area contributed by atoms with Crippen LogP contribution in [0.25, 0.3) is 0 Å². The van der Waals surface area contributed by atoms with Crippen LogP contribution in [0.3, 0.4) is 0 Å². The Labute approximate surface area is 123 Å². The SMILES string of the molecule is CC(C)CN1C(=O)CCC(N)C1c1cc(F)cc(Cl)c1. The Balaban J connectivity index is 2.38. The smallest absolute Gasteiger partial charge is 0.223 e. The molecule has 0 aliphatic carbocycles. The van der Waals surface area contributed by atoms with Gasteiger partial charge in [-0.2, -0.15) is 0 Å². The molecule has 0 spiro atoms. The third-order valence-corrected chi connectivity index (χ3v) is 3.76. The Kier molecular flexibility index (Phi) is 4.66. The molecule has 2 unspecified atom stereocenters. The van der Waals surface area contributed by atoms with Crippen molar-refractivity contribution in [3.05, 3.63) is 34.6 Å². The van der Waals surface area contributed by atoms with Crippen molar-refractivity contribution < 1.29 is 9.18 Å². The van der Waals surface area contributed by atoms with Gasteiger partial charge in [-0.05, 0) is 36.1 Å². The first-order valence-electron chi connectivity index (χ1n) is 6.89. The van der Waals surface area contributed by atoms with Crippen LogP contribution in [0.4, 0.5) is 4.39 Å². The molecular weight excluding hydrogens is 279 g/mol. The predicted molar refractivity (Wildman–Crippen MR) is 77.9 cm³/mol. The number of rotatable bonds is 3. The third kappa shape index (κ3) is 3.30. The van der Waals surface area contributed by atoms with Gasteiger partial charge in [-0.3, -0.25) is 4.79 Å². The third-order valence-electron chi connectivity index (χ3n) is 3.54. The van der Waals surface area contributed by atoms with Crippen molar-refractivity contribution in [2.75, 3.05) is 6.54 Å². The second kappa shape index (κ2) is 6.10. The Morgan fingerprint density at radius 2 is 2.15 bits per heavy atom. The molecule has 1 saturated heterocycles. The van der Waals surface area contributed by atoms with Crippen LogP contribution in [0.15, 0.2) is 18.2 Å². The van der Waals surface area contributed by atoms with Gasteiger partial charge in [0, 0.05) is 24.0 Å². The largest absolute Gasteiger partial charge is 0.334 e. The van der Waals surface area contributed by atoms with Crippen LogP contribution in [-0.2, 0) is 4.79 Å². The van der Waals surface area contributed by atoms with Crippen molar-refractivity contribution in [3.8, 4) is 0 Å². The summed E-state index contributed by atoms with van der Waals surface area (Å²) in [5, 5.41) is 0.328. The number of nitrogens with zero attached hydrogens (tertiary/aromatic N) is 1. The van der Waals surface area contributed by atoms with Crippen LogP contribution >= 0.6 is 11.6 Å². The minimum atomic E-state index is -0.401. The Morgan fingerprint density at radius 3 is 2.75 bits per heavy atom. The van der Waals surface area contributed by atoms with Gasteiger partial charge in [-0.1, -0.05) is 25.4 Å². The molecule has 2 N–H and O–H groups in total. The summed E-state index contributed by atoms with van der Waals surface area (Å²) in [4.78, 5) is 13.9. The number of hydrogen-bond donors (Lipinski definition) is 1. The lowest BCUT2D eigenvalue weighted by atomic mass is 9.89. The topological polar surface area (TPSA) is 46.3 Å². The molecule has 20 heavy (non-hydrogen) atoms. The van der Waals surface area contributed by atoms with Crippen LogP contribution in [-0.4, -0.2) is 23.4 Å². The summed E-state index contributed by atoms with van der Waals surface area (Å²) in [5.74, 6) is 0.00350. The summed E-state index contributed by atoms with van der Waals surface area (Å²) < 4.78 is 13.6. The number of carbonyl (C=O) groups excluding carboxylic acids is 1. The highest BCUT2D eigenvalue weighted by atomic mass is 35.5. The molecule has 2 atom stereocenters. The number of piperidine rings is 1. The van der Waals surface area contributed by atoms with Gasteiger partial charge in [0.15, 0.2) is 0 Å². The Hall–Kier alpha value is -1.13. The number of hydrogen-bond acceptors (Lipinski definition) is 2. The van der Waals surface area contributed by atoms with Crippen molar-refractivity contribution in [2.45, 2.75) is 38.8 Å². The van der Waals surface area contributed by atoms with E-state index in [1.54, 1.807) is 11.0 Å². The number of amides is 1. The average molecular weight is 299 g/mol. The highest BCUT2D eigenvalue weighted by Gasteiger charge is 2.35. The van der Waals surface area contributed by atoms with Gasteiger partial charge in [0.2, 0.25) is 5.91 Å². The van der Waals surface area contributed by atoms with Crippen LogP contribution in [0.1, 0.15) is 38.3 Å². The molecule has 1 aliphatic heterocycles. The average Bonchev–Trinajstić information content (AvgIpc) is 2.32. The molecule has 0 bridgehead atoms. The fourth-order valence-corrected chi connectivity index (χ4v) is 2.99. The van der Waals surface area contributed by atoms with Crippen LogP contribution in [0, 0.1) is 11.7 Å². The van der Waals surface area contributed by atoms with E-state index >= 15 is 0 Å². The van der Waals surface area contributed by atoms with Crippen LogP contribution in [0.5, 0.6) is 0 Å². The summed E-state index contributed by atoms with van der Waals surface area (Å²) in [6.45, 7) is 4.71. The Morgan fingerprint density at radius 1 is 1.45 bits per heavy atom. The van der Waals surface area contributed by atoms with E-state index < -0.39 is 5.82 Å². The van der Waals surface area contributed by atoms with E-state index in [2.05, 4.69) is 0 Å². The standard InChI is InChI=1S/C15H20ClFN2O/c1-9(2)8-19-14(20)4-3-13(18)15(19)10-5-11(16)7-12(17)6-10/h5-7,9,13,15H,3-4,8,18H2,1-2H3. The van der Waals surface area contributed by atoms with Gasteiger partial charge in [-0.25, -0.2) is 4.39 Å². The van der Waals surface area contributed by atoms with Gasteiger partial charge in [0.05, 0.1) is 6.04 Å². The maximum absolute atomic E-state index is 13.6. The molecule has 1 aromatic rings. The van der Waals surface area contributed by atoms with E-state index in [9.17, 15) is 9.18 Å². The van der Waals surface area contributed by atoms with Crippen molar-refractivity contribution in [3.63, 3.8) is 0 Å². The monoisotopic (exact) mass is 298 g/mol. The second-order valence-corrected chi connectivity index (χ2v) is 6.23. The van der Waals surface area contributed by atoms with E-state index in [4.69, 9.17) is 17.3 Å². The zero-order valence-electron chi connectivity index (χ0n) is 11.8. The second-order valence-electron chi connectivity index (χ2n) is 5.79. The first kappa shape index (κ1) is 15.3. The zero-order valence-corrected chi connectivity index (χ0v) is 12.5. The molecule has 0 saturated carbocycles. The summed E-state index contributed by atoms with van der Waals surface area (Å²) in [6, 6.07) is 3.88. The summed E-state index contributed by atoms with van der Waals surface area (Å²) in [6.07, 6.45) is 1.07. The summed E-state index contributed by atoms with van der Waals surface area (Å²) in [5.41, 5.74) is 6.86.